The molecule has 3 nitrogen and oxygen atoms in total. The summed E-state index contributed by atoms with van der Waals surface area (Å²) in [5, 5.41) is 11.6. The predicted molar refractivity (Wildman–Crippen MR) is 91.0 cm³/mol. The fourth-order valence-corrected chi connectivity index (χ4v) is 3.01. The van der Waals surface area contributed by atoms with Gasteiger partial charge < -0.3 is 9.84 Å². The Labute approximate surface area is 139 Å². The molecule has 0 amide bonds. The largest absolute Gasteiger partial charge is 0.496 e. The van der Waals surface area contributed by atoms with Gasteiger partial charge in [-0.2, -0.15) is 0 Å². The third-order valence-corrected chi connectivity index (χ3v) is 4.16. The molecule has 0 radical (unpaired) electrons. The fraction of sp³-hybridized carbons (Fsp3) is 0.150. The SMILES string of the molecule is COc1ccc(F)cc1CC(C(=O)O)c1cccc2ccccc12. The van der Waals surface area contributed by atoms with E-state index in [9.17, 15) is 14.3 Å². The summed E-state index contributed by atoms with van der Waals surface area (Å²) >= 11 is 0. The number of carboxylic acid groups (broad SMARTS) is 1. The molecule has 0 heterocycles. The molecule has 1 unspecified atom stereocenters. The minimum Gasteiger partial charge on any atom is -0.496 e. The molecule has 0 aliphatic rings. The number of carbonyl (C=O) groups is 1. The van der Waals surface area contributed by atoms with E-state index in [2.05, 4.69) is 0 Å². The van der Waals surface area contributed by atoms with Gasteiger partial charge >= 0.3 is 5.97 Å². The first kappa shape index (κ1) is 16.0. The highest BCUT2D eigenvalue weighted by atomic mass is 19.1. The number of benzene rings is 3. The molecular weight excluding hydrogens is 307 g/mol. The maximum absolute atomic E-state index is 13.6. The van der Waals surface area contributed by atoms with Crippen LogP contribution in [-0.2, 0) is 11.2 Å². The number of hydrogen-bond acceptors (Lipinski definition) is 2. The molecule has 1 N–H and O–H groups in total. The zero-order valence-corrected chi connectivity index (χ0v) is 13.2. The molecular formula is C20H17FO3. The van der Waals surface area contributed by atoms with Crippen LogP contribution in [0.1, 0.15) is 17.0 Å². The van der Waals surface area contributed by atoms with Crippen LogP contribution in [0, 0.1) is 5.82 Å². The van der Waals surface area contributed by atoms with E-state index in [0.717, 1.165) is 10.8 Å². The Balaban J connectivity index is 2.08. The summed E-state index contributed by atoms with van der Waals surface area (Å²) < 4.78 is 18.8. The number of aliphatic carboxylic acids is 1. The highest BCUT2D eigenvalue weighted by molar-refractivity contribution is 5.90. The van der Waals surface area contributed by atoms with E-state index < -0.39 is 17.7 Å². The lowest BCUT2D eigenvalue weighted by Crippen LogP contribution is -2.15. The number of halogens is 1. The first-order chi connectivity index (χ1) is 11.6. The highest BCUT2D eigenvalue weighted by Crippen LogP contribution is 2.31. The maximum Gasteiger partial charge on any atom is 0.311 e. The second-order valence-corrected chi connectivity index (χ2v) is 5.62. The lowest BCUT2D eigenvalue weighted by molar-refractivity contribution is -0.138. The normalized spacial score (nSPS) is 12.1. The number of carboxylic acids is 1. The zero-order chi connectivity index (χ0) is 17.1. The predicted octanol–water partition coefficient (Wildman–Crippen LogP) is 4.40. The van der Waals surface area contributed by atoms with Gasteiger partial charge in [0.1, 0.15) is 11.6 Å². The molecule has 0 aliphatic heterocycles. The maximum atomic E-state index is 13.6. The van der Waals surface area contributed by atoms with Crippen molar-refractivity contribution in [2.75, 3.05) is 7.11 Å². The van der Waals surface area contributed by atoms with Gasteiger partial charge in [-0.25, -0.2) is 4.39 Å². The van der Waals surface area contributed by atoms with Gasteiger partial charge in [0.15, 0.2) is 0 Å². The van der Waals surface area contributed by atoms with Crippen molar-refractivity contribution in [3.8, 4) is 5.75 Å². The van der Waals surface area contributed by atoms with Crippen LogP contribution in [0.4, 0.5) is 4.39 Å². The topological polar surface area (TPSA) is 46.5 Å². The Hall–Kier alpha value is -2.88. The molecule has 4 heteroatoms. The molecule has 1 atom stereocenters. The van der Waals surface area contributed by atoms with E-state index in [0.29, 0.717) is 16.9 Å². The van der Waals surface area contributed by atoms with E-state index in [1.54, 1.807) is 0 Å². The molecule has 0 bridgehead atoms. The molecule has 0 fully saturated rings. The smallest absolute Gasteiger partial charge is 0.311 e. The summed E-state index contributed by atoms with van der Waals surface area (Å²) in [7, 11) is 1.49. The van der Waals surface area contributed by atoms with E-state index in [-0.39, 0.29) is 6.42 Å². The highest BCUT2D eigenvalue weighted by Gasteiger charge is 2.24. The van der Waals surface area contributed by atoms with Crippen LogP contribution in [0.25, 0.3) is 10.8 Å². The average Bonchev–Trinajstić information content (AvgIpc) is 2.59. The van der Waals surface area contributed by atoms with Crippen molar-refractivity contribution < 1.29 is 19.0 Å². The molecule has 3 rings (SSSR count). The van der Waals surface area contributed by atoms with Crippen molar-refractivity contribution in [3.63, 3.8) is 0 Å². The van der Waals surface area contributed by atoms with Gasteiger partial charge in [0, 0.05) is 0 Å². The van der Waals surface area contributed by atoms with Crippen LogP contribution in [0.15, 0.2) is 60.7 Å². The second-order valence-electron chi connectivity index (χ2n) is 5.62. The Morgan fingerprint density at radius 3 is 2.62 bits per heavy atom. The Morgan fingerprint density at radius 1 is 1.12 bits per heavy atom. The van der Waals surface area contributed by atoms with Crippen LogP contribution in [-0.4, -0.2) is 18.2 Å². The lowest BCUT2D eigenvalue weighted by atomic mass is 9.88. The summed E-state index contributed by atoms with van der Waals surface area (Å²) in [5.41, 5.74) is 1.25. The van der Waals surface area contributed by atoms with Crippen LogP contribution >= 0.6 is 0 Å². The van der Waals surface area contributed by atoms with Gasteiger partial charge in [0.2, 0.25) is 0 Å². The number of fused-ring (bicyclic) bond motifs is 1. The van der Waals surface area contributed by atoms with Gasteiger partial charge in [-0.15, -0.1) is 0 Å². The summed E-state index contributed by atoms with van der Waals surface area (Å²) in [4.78, 5) is 11.9. The van der Waals surface area contributed by atoms with Crippen molar-refractivity contribution in [2.24, 2.45) is 0 Å². The van der Waals surface area contributed by atoms with Crippen molar-refractivity contribution in [2.45, 2.75) is 12.3 Å². The molecule has 0 spiro atoms. The third-order valence-electron chi connectivity index (χ3n) is 4.16. The van der Waals surface area contributed by atoms with E-state index in [1.807, 2.05) is 42.5 Å². The van der Waals surface area contributed by atoms with Gasteiger partial charge in [0.05, 0.1) is 13.0 Å². The number of methoxy groups -OCH3 is 1. The number of hydrogen-bond donors (Lipinski definition) is 1. The average molecular weight is 324 g/mol. The lowest BCUT2D eigenvalue weighted by Gasteiger charge is -2.17. The van der Waals surface area contributed by atoms with Crippen LogP contribution in [0.2, 0.25) is 0 Å². The number of rotatable bonds is 5. The molecule has 0 saturated heterocycles. The zero-order valence-electron chi connectivity index (χ0n) is 13.2. The number of ether oxygens (including phenoxy) is 1. The summed E-state index contributed by atoms with van der Waals surface area (Å²) in [6.45, 7) is 0. The fourth-order valence-electron chi connectivity index (χ4n) is 3.01. The second kappa shape index (κ2) is 6.71. The summed E-state index contributed by atoms with van der Waals surface area (Å²) in [5.74, 6) is -1.65. The van der Waals surface area contributed by atoms with E-state index in [1.165, 1.54) is 25.3 Å². The minimum atomic E-state index is -0.947. The summed E-state index contributed by atoms with van der Waals surface area (Å²) in [6.07, 6.45) is 0.157. The first-order valence-corrected chi connectivity index (χ1v) is 7.63. The standard InChI is InChI=1S/C20H17FO3/c1-24-19-10-9-15(21)11-14(19)12-18(20(22)23)17-8-4-6-13-5-2-3-7-16(13)17/h2-11,18H,12H2,1H3,(H,22,23). The molecule has 3 aromatic rings. The van der Waals surface area contributed by atoms with Crippen molar-refractivity contribution in [1.29, 1.82) is 0 Å². The third kappa shape index (κ3) is 3.08. The van der Waals surface area contributed by atoms with Gasteiger partial charge in [-0.1, -0.05) is 42.5 Å². The molecule has 0 aliphatic carbocycles. The van der Waals surface area contributed by atoms with Crippen LogP contribution < -0.4 is 4.74 Å². The molecule has 0 aromatic heterocycles. The van der Waals surface area contributed by atoms with Gasteiger partial charge in [0.25, 0.3) is 0 Å². The molecule has 24 heavy (non-hydrogen) atoms. The Morgan fingerprint density at radius 2 is 1.88 bits per heavy atom. The molecule has 3 aromatic carbocycles. The summed E-state index contributed by atoms with van der Waals surface area (Å²) in [6, 6.07) is 17.4. The van der Waals surface area contributed by atoms with Crippen LogP contribution in [0.3, 0.4) is 0 Å². The van der Waals surface area contributed by atoms with E-state index >= 15 is 0 Å². The van der Waals surface area contributed by atoms with E-state index in [4.69, 9.17) is 4.74 Å². The molecule has 0 saturated carbocycles. The van der Waals surface area contributed by atoms with Crippen molar-refractivity contribution in [1.82, 2.24) is 0 Å². The van der Waals surface area contributed by atoms with Crippen molar-refractivity contribution in [3.05, 3.63) is 77.6 Å². The van der Waals surface area contributed by atoms with Crippen molar-refractivity contribution >= 4 is 16.7 Å². The molecule has 122 valence electrons. The minimum absolute atomic E-state index is 0.157. The van der Waals surface area contributed by atoms with Crippen LogP contribution in [0.5, 0.6) is 5.75 Å². The Kier molecular flexibility index (Phi) is 4.47. The monoisotopic (exact) mass is 324 g/mol. The quantitative estimate of drug-likeness (QED) is 0.757. The Bertz CT molecular complexity index is 884. The van der Waals surface area contributed by atoms with Gasteiger partial charge in [-0.05, 0) is 46.5 Å². The first-order valence-electron chi connectivity index (χ1n) is 7.63. The van der Waals surface area contributed by atoms with Gasteiger partial charge in [-0.3, -0.25) is 4.79 Å².